The van der Waals surface area contributed by atoms with E-state index in [0.29, 0.717) is 29.1 Å². The van der Waals surface area contributed by atoms with Gasteiger partial charge in [-0.1, -0.05) is 18.2 Å². The summed E-state index contributed by atoms with van der Waals surface area (Å²) in [5.41, 5.74) is 1.92. The highest BCUT2D eigenvalue weighted by Crippen LogP contribution is 2.19. The molecule has 2 heterocycles. The molecule has 0 aliphatic heterocycles. The summed E-state index contributed by atoms with van der Waals surface area (Å²) in [5.74, 6) is -0.183. The van der Waals surface area contributed by atoms with Crippen LogP contribution in [0.4, 0.5) is 10.1 Å². The zero-order chi connectivity index (χ0) is 21.3. The number of hydrogen-bond donors (Lipinski definition) is 0. The van der Waals surface area contributed by atoms with Gasteiger partial charge in [0.25, 0.3) is 0 Å². The first-order chi connectivity index (χ1) is 14.5. The zero-order valence-corrected chi connectivity index (χ0v) is 16.6. The molecule has 30 heavy (non-hydrogen) atoms. The molecular formula is C22H20FN5O2. The molecule has 0 N–H and O–H groups in total. The van der Waals surface area contributed by atoms with Crippen molar-refractivity contribution in [1.82, 2.24) is 19.1 Å². The van der Waals surface area contributed by atoms with Crippen molar-refractivity contribution in [2.75, 3.05) is 11.4 Å². The van der Waals surface area contributed by atoms with Crippen molar-refractivity contribution in [1.29, 1.82) is 0 Å². The van der Waals surface area contributed by atoms with E-state index in [9.17, 15) is 14.0 Å². The van der Waals surface area contributed by atoms with Gasteiger partial charge in [0, 0.05) is 24.8 Å². The summed E-state index contributed by atoms with van der Waals surface area (Å²) < 4.78 is 15.9. The van der Waals surface area contributed by atoms with Crippen LogP contribution < -0.4 is 10.6 Å². The zero-order valence-electron chi connectivity index (χ0n) is 16.6. The van der Waals surface area contributed by atoms with Crippen LogP contribution in [-0.4, -0.2) is 31.6 Å². The second-order valence-electron chi connectivity index (χ2n) is 6.81. The summed E-state index contributed by atoms with van der Waals surface area (Å²) in [6, 6.07) is 15.1. The average molecular weight is 405 g/mol. The third-order valence-electron chi connectivity index (χ3n) is 4.96. The van der Waals surface area contributed by atoms with E-state index in [1.807, 2.05) is 37.3 Å². The number of aryl methyl sites for hydroxylation is 1. The van der Waals surface area contributed by atoms with Crippen LogP contribution in [0.3, 0.4) is 0 Å². The number of carbonyl (C=O) groups excluding carboxylic acids is 1. The van der Waals surface area contributed by atoms with Crippen LogP contribution in [0.2, 0.25) is 0 Å². The summed E-state index contributed by atoms with van der Waals surface area (Å²) in [7, 11) is 1.60. The molecule has 7 nitrogen and oxygen atoms in total. The van der Waals surface area contributed by atoms with Crippen LogP contribution in [0.5, 0.6) is 0 Å². The number of amides is 1. The molecule has 0 radical (unpaired) electrons. The summed E-state index contributed by atoms with van der Waals surface area (Å²) in [6.45, 7) is 2.24. The fraction of sp³-hybridized carbons (Fsp3) is 0.182. The first-order valence-electron chi connectivity index (χ1n) is 9.53. The molecular weight excluding hydrogens is 385 g/mol. The number of nitrogens with zero attached hydrogens (tertiary/aromatic N) is 5. The normalized spacial score (nSPS) is 11.0. The highest BCUT2D eigenvalue weighted by atomic mass is 19.1. The lowest BCUT2D eigenvalue weighted by molar-refractivity contribution is -0.119. The van der Waals surface area contributed by atoms with E-state index < -0.39 is 0 Å². The maximum atomic E-state index is 13.2. The molecule has 2 aromatic carbocycles. The molecule has 0 saturated carbocycles. The Morgan fingerprint density at radius 2 is 1.80 bits per heavy atom. The van der Waals surface area contributed by atoms with Crippen molar-refractivity contribution in [3.8, 4) is 11.4 Å². The van der Waals surface area contributed by atoms with Crippen molar-refractivity contribution < 1.29 is 9.18 Å². The van der Waals surface area contributed by atoms with Crippen molar-refractivity contribution in [3.63, 3.8) is 0 Å². The number of carbonyl (C=O) groups is 1. The number of imidazole rings is 1. The number of aromatic nitrogens is 4. The molecule has 0 aliphatic carbocycles. The molecule has 0 bridgehead atoms. The number of fused-ring (bicyclic) bond motifs is 1. The van der Waals surface area contributed by atoms with E-state index in [2.05, 4.69) is 9.97 Å². The van der Waals surface area contributed by atoms with Gasteiger partial charge in [-0.2, -0.15) is 0 Å². The molecule has 2 aromatic heterocycles. The molecule has 8 heteroatoms. The predicted octanol–water partition coefficient (Wildman–Crippen LogP) is 2.99. The van der Waals surface area contributed by atoms with E-state index in [-0.39, 0.29) is 24.0 Å². The van der Waals surface area contributed by atoms with Gasteiger partial charge in [0.05, 0.1) is 6.20 Å². The van der Waals surface area contributed by atoms with Gasteiger partial charge in [-0.25, -0.2) is 19.2 Å². The van der Waals surface area contributed by atoms with Crippen LogP contribution in [0.25, 0.3) is 22.6 Å². The van der Waals surface area contributed by atoms with Crippen molar-refractivity contribution in [3.05, 3.63) is 77.1 Å². The Balaban J connectivity index is 1.71. The minimum Gasteiger partial charge on any atom is -0.311 e. The lowest BCUT2D eigenvalue weighted by Gasteiger charge is -2.21. The maximum absolute atomic E-state index is 13.2. The van der Waals surface area contributed by atoms with E-state index in [1.165, 1.54) is 27.5 Å². The Morgan fingerprint density at radius 1 is 1.10 bits per heavy atom. The molecule has 4 aromatic rings. The van der Waals surface area contributed by atoms with Gasteiger partial charge < -0.3 is 4.90 Å². The van der Waals surface area contributed by atoms with Crippen LogP contribution in [0, 0.1) is 5.82 Å². The topological polar surface area (TPSA) is 73.0 Å². The molecule has 0 saturated heterocycles. The van der Waals surface area contributed by atoms with Crippen molar-refractivity contribution >= 4 is 22.8 Å². The highest BCUT2D eigenvalue weighted by molar-refractivity contribution is 5.93. The molecule has 4 rings (SSSR count). The summed E-state index contributed by atoms with van der Waals surface area (Å²) in [6.07, 6.45) is 1.52. The van der Waals surface area contributed by atoms with Gasteiger partial charge in [-0.05, 0) is 43.3 Å². The first-order valence-corrected chi connectivity index (χ1v) is 9.53. The molecule has 0 unspecified atom stereocenters. The van der Waals surface area contributed by atoms with Gasteiger partial charge >= 0.3 is 5.69 Å². The van der Waals surface area contributed by atoms with E-state index in [1.54, 1.807) is 24.1 Å². The van der Waals surface area contributed by atoms with Gasteiger partial charge in [0.1, 0.15) is 17.9 Å². The minimum absolute atomic E-state index is 0.127. The lowest BCUT2D eigenvalue weighted by atomic mass is 10.2. The Hall–Kier alpha value is -3.81. The Bertz CT molecular complexity index is 1260. The van der Waals surface area contributed by atoms with Crippen molar-refractivity contribution in [2.24, 2.45) is 7.05 Å². The van der Waals surface area contributed by atoms with E-state index in [0.717, 1.165) is 5.69 Å². The number of halogens is 1. The van der Waals surface area contributed by atoms with Crippen LogP contribution in [-0.2, 0) is 18.4 Å². The molecule has 0 aliphatic rings. The van der Waals surface area contributed by atoms with Crippen LogP contribution in [0.15, 0.2) is 65.6 Å². The molecule has 0 atom stereocenters. The van der Waals surface area contributed by atoms with Gasteiger partial charge in [-0.3, -0.25) is 13.9 Å². The van der Waals surface area contributed by atoms with E-state index >= 15 is 0 Å². The minimum atomic E-state index is -0.354. The Morgan fingerprint density at radius 3 is 2.47 bits per heavy atom. The number of likely N-dealkylation sites (N-methyl/N-ethyl adjacent to an activating group) is 1. The standard InChI is InChI=1S/C22H20FN5O2/c1-3-27(17-7-5-4-6-8-17)19(29)14-28-18-13-24-20(15-9-11-16(23)12-10-15)25-21(18)26(2)22(28)30/h4-13H,3,14H2,1-2H3. The summed E-state index contributed by atoms with van der Waals surface area (Å²) in [4.78, 5) is 36.2. The second kappa shape index (κ2) is 7.90. The van der Waals surface area contributed by atoms with Gasteiger partial charge in [0.2, 0.25) is 5.91 Å². The number of anilines is 1. The number of hydrogen-bond acceptors (Lipinski definition) is 4. The fourth-order valence-electron chi connectivity index (χ4n) is 3.40. The average Bonchev–Trinajstić information content (AvgIpc) is 3.00. The van der Waals surface area contributed by atoms with Crippen LogP contribution >= 0.6 is 0 Å². The number of para-hydroxylation sites is 1. The molecule has 152 valence electrons. The predicted molar refractivity (Wildman–Crippen MR) is 113 cm³/mol. The second-order valence-corrected chi connectivity index (χ2v) is 6.81. The van der Waals surface area contributed by atoms with Crippen LogP contribution in [0.1, 0.15) is 6.92 Å². The quantitative estimate of drug-likeness (QED) is 0.512. The highest BCUT2D eigenvalue weighted by Gasteiger charge is 2.20. The Kier molecular flexibility index (Phi) is 5.14. The fourth-order valence-corrected chi connectivity index (χ4v) is 3.40. The number of rotatable bonds is 5. The molecule has 0 spiro atoms. The largest absolute Gasteiger partial charge is 0.330 e. The van der Waals surface area contributed by atoms with Gasteiger partial charge in [0.15, 0.2) is 11.5 Å². The van der Waals surface area contributed by atoms with E-state index in [4.69, 9.17) is 0 Å². The monoisotopic (exact) mass is 405 g/mol. The molecule has 1 amide bonds. The lowest BCUT2D eigenvalue weighted by Crippen LogP contribution is -2.36. The Labute approximate surface area is 172 Å². The summed E-state index contributed by atoms with van der Waals surface area (Å²) in [5, 5.41) is 0. The number of benzene rings is 2. The first kappa shape index (κ1) is 19.5. The summed E-state index contributed by atoms with van der Waals surface area (Å²) >= 11 is 0. The third kappa shape index (κ3) is 3.47. The van der Waals surface area contributed by atoms with Gasteiger partial charge in [-0.15, -0.1) is 0 Å². The molecule has 0 fully saturated rings. The maximum Gasteiger partial charge on any atom is 0.330 e. The van der Waals surface area contributed by atoms with Crippen molar-refractivity contribution in [2.45, 2.75) is 13.5 Å². The smallest absolute Gasteiger partial charge is 0.311 e. The SMILES string of the molecule is CCN(C(=O)Cn1c(=O)n(C)c2nc(-c3ccc(F)cc3)ncc21)c1ccccc1. The third-order valence-corrected chi connectivity index (χ3v) is 4.96.